The van der Waals surface area contributed by atoms with E-state index in [0.717, 1.165) is 27.8 Å². The van der Waals surface area contributed by atoms with Crippen molar-refractivity contribution in [3.05, 3.63) is 42.1 Å². The summed E-state index contributed by atoms with van der Waals surface area (Å²) in [7, 11) is 1.63. The number of ether oxygens (including phenoxy) is 1. The van der Waals surface area contributed by atoms with Crippen LogP contribution in [0.4, 0.5) is 4.79 Å². The maximum Gasteiger partial charge on any atom is 0.407 e. The van der Waals surface area contributed by atoms with Gasteiger partial charge in [0.2, 0.25) is 0 Å². The minimum atomic E-state index is -0.869. The highest BCUT2D eigenvalue weighted by Gasteiger charge is 2.18. The van der Waals surface area contributed by atoms with Gasteiger partial charge in [-0.2, -0.15) is 0 Å². The quantitative estimate of drug-likeness (QED) is 0.920. The summed E-state index contributed by atoms with van der Waals surface area (Å²) in [5.41, 5.74) is 3.09. The molecule has 2 heterocycles. The number of fused-ring (bicyclic) bond motifs is 1. The van der Waals surface area contributed by atoms with Crippen LogP contribution in [0.25, 0.3) is 16.5 Å². The van der Waals surface area contributed by atoms with Gasteiger partial charge in [0.1, 0.15) is 11.3 Å². The van der Waals surface area contributed by atoms with E-state index in [4.69, 9.17) is 9.84 Å². The van der Waals surface area contributed by atoms with Crippen LogP contribution in [0, 0.1) is 0 Å². The van der Waals surface area contributed by atoms with E-state index < -0.39 is 6.09 Å². The number of para-hydroxylation sites is 1. The normalized spacial score (nSPS) is 14.9. The molecule has 1 aromatic heterocycles. The molecule has 0 fully saturated rings. The van der Waals surface area contributed by atoms with Gasteiger partial charge in [-0.05, 0) is 29.7 Å². The molecule has 1 aromatic carbocycles. The topological polar surface area (TPSA) is 62.7 Å². The molecule has 21 heavy (non-hydrogen) atoms. The molecule has 0 spiro atoms. The average Bonchev–Trinajstić information content (AvgIpc) is 2.53. The molecule has 1 N–H and O–H groups in total. The van der Waals surface area contributed by atoms with Crippen molar-refractivity contribution >= 4 is 22.6 Å². The Balaban J connectivity index is 2.04. The Labute approximate surface area is 122 Å². The monoisotopic (exact) mass is 284 g/mol. The molecule has 1 amide bonds. The Bertz CT molecular complexity index is 725. The first-order valence-electron chi connectivity index (χ1n) is 6.79. The van der Waals surface area contributed by atoms with Crippen molar-refractivity contribution in [2.75, 3.05) is 20.2 Å². The Morgan fingerprint density at radius 2 is 2.24 bits per heavy atom. The summed E-state index contributed by atoms with van der Waals surface area (Å²) in [4.78, 5) is 16.8. The van der Waals surface area contributed by atoms with Gasteiger partial charge in [0.05, 0.1) is 7.11 Å². The smallest absolute Gasteiger partial charge is 0.407 e. The van der Waals surface area contributed by atoms with E-state index in [-0.39, 0.29) is 0 Å². The van der Waals surface area contributed by atoms with Gasteiger partial charge in [0.25, 0.3) is 0 Å². The lowest BCUT2D eigenvalue weighted by atomic mass is 9.96. The Hall–Kier alpha value is -2.56. The first-order chi connectivity index (χ1) is 10.2. The lowest BCUT2D eigenvalue weighted by molar-refractivity contribution is 0.150. The number of hydrogen-bond acceptors (Lipinski definition) is 3. The van der Waals surface area contributed by atoms with Crippen LogP contribution < -0.4 is 4.74 Å². The van der Waals surface area contributed by atoms with Crippen LogP contribution in [-0.4, -0.2) is 41.3 Å². The Morgan fingerprint density at radius 3 is 2.90 bits per heavy atom. The third kappa shape index (κ3) is 2.42. The fourth-order valence-electron chi connectivity index (χ4n) is 2.68. The lowest BCUT2D eigenvalue weighted by Gasteiger charge is -2.24. The highest BCUT2D eigenvalue weighted by Crippen LogP contribution is 2.31. The highest BCUT2D eigenvalue weighted by atomic mass is 16.5. The summed E-state index contributed by atoms with van der Waals surface area (Å²) in [5.74, 6) is 0.748. The number of benzene rings is 1. The van der Waals surface area contributed by atoms with Crippen LogP contribution in [-0.2, 0) is 0 Å². The van der Waals surface area contributed by atoms with Crippen molar-refractivity contribution in [1.29, 1.82) is 0 Å². The zero-order chi connectivity index (χ0) is 14.8. The maximum absolute atomic E-state index is 11.0. The fraction of sp³-hybridized carbons (Fsp3) is 0.250. The van der Waals surface area contributed by atoms with Crippen molar-refractivity contribution in [3.8, 4) is 5.75 Å². The second-order valence-corrected chi connectivity index (χ2v) is 4.92. The third-order valence-electron chi connectivity index (χ3n) is 3.78. The molecule has 0 aliphatic carbocycles. The summed E-state index contributed by atoms with van der Waals surface area (Å²) < 4.78 is 5.35. The van der Waals surface area contributed by atoms with Crippen LogP contribution in [0.1, 0.15) is 12.0 Å². The number of rotatable bonds is 2. The maximum atomic E-state index is 11.0. The van der Waals surface area contributed by atoms with Crippen molar-refractivity contribution in [1.82, 2.24) is 9.88 Å². The molecular formula is C16H16N2O3. The molecular weight excluding hydrogens is 268 g/mol. The van der Waals surface area contributed by atoms with Crippen LogP contribution in [0.5, 0.6) is 5.75 Å². The summed E-state index contributed by atoms with van der Waals surface area (Å²) in [6.07, 6.45) is 3.59. The number of amides is 1. The molecule has 0 saturated carbocycles. The third-order valence-corrected chi connectivity index (χ3v) is 3.78. The van der Waals surface area contributed by atoms with Crippen molar-refractivity contribution in [2.24, 2.45) is 0 Å². The van der Waals surface area contributed by atoms with Crippen LogP contribution in [0.2, 0.25) is 0 Å². The standard InChI is InChI=1S/C16H16N2O3/c1-21-14-4-2-3-13-12(5-8-17-15(13)14)11-6-9-18(10-7-11)16(19)20/h2-6,8H,7,9-10H2,1H3,(H,19,20). The molecule has 5 nitrogen and oxygen atoms in total. The van der Waals surface area contributed by atoms with E-state index in [1.165, 1.54) is 4.90 Å². The lowest BCUT2D eigenvalue weighted by Crippen LogP contribution is -2.33. The summed E-state index contributed by atoms with van der Waals surface area (Å²) in [5, 5.41) is 10.0. The first-order valence-corrected chi connectivity index (χ1v) is 6.79. The van der Waals surface area contributed by atoms with Crippen molar-refractivity contribution in [2.45, 2.75) is 6.42 Å². The second-order valence-electron chi connectivity index (χ2n) is 4.92. The summed E-state index contributed by atoms with van der Waals surface area (Å²) >= 11 is 0. The molecule has 0 bridgehead atoms. The fourth-order valence-corrected chi connectivity index (χ4v) is 2.68. The van der Waals surface area contributed by atoms with Crippen LogP contribution in [0.3, 0.4) is 0 Å². The number of methoxy groups -OCH3 is 1. The van der Waals surface area contributed by atoms with E-state index in [1.54, 1.807) is 13.3 Å². The van der Waals surface area contributed by atoms with Crippen molar-refractivity contribution < 1.29 is 14.6 Å². The molecule has 5 heteroatoms. The van der Waals surface area contributed by atoms with Crippen LogP contribution >= 0.6 is 0 Å². The highest BCUT2D eigenvalue weighted by molar-refractivity contribution is 5.94. The first kappa shape index (κ1) is 13.4. The molecule has 0 atom stereocenters. The van der Waals surface area contributed by atoms with Gasteiger partial charge in [0.15, 0.2) is 0 Å². The number of nitrogens with zero attached hydrogens (tertiary/aromatic N) is 2. The van der Waals surface area contributed by atoms with E-state index >= 15 is 0 Å². The molecule has 108 valence electrons. The summed E-state index contributed by atoms with van der Waals surface area (Å²) in [6, 6.07) is 7.83. The largest absolute Gasteiger partial charge is 0.494 e. The predicted octanol–water partition coefficient (Wildman–Crippen LogP) is 3.01. The van der Waals surface area contributed by atoms with Crippen molar-refractivity contribution in [3.63, 3.8) is 0 Å². The predicted molar refractivity (Wildman–Crippen MR) is 80.5 cm³/mol. The molecule has 1 aliphatic heterocycles. The van der Waals surface area contributed by atoms with Gasteiger partial charge in [-0.1, -0.05) is 18.2 Å². The van der Waals surface area contributed by atoms with Gasteiger partial charge in [-0.3, -0.25) is 4.98 Å². The van der Waals surface area contributed by atoms with Gasteiger partial charge < -0.3 is 14.7 Å². The second kappa shape index (κ2) is 5.44. The van der Waals surface area contributed by atoms with Gasteiger partial charge >= 0.3 is 6.09 Å². The minimum absolute atomic E-state index is 0.429. The van der Waals surface area contributed by atoms with Crippen LogP contribution in [0.15, 0.2) is 36.5 Å². The van der Waals surface area contributed by atoms with E-state index in [2.05, 4.69) is 4.98 Å². The number of carboxylic acid groups (broad SMARTS) is 1. The van der Waals surface area contributed by atoms with Gasteiger partial charge in [-0.25, -0.2) is 4.79 Å². The van der Waals surface area contributed by atoms with E-state index in [9.17, 15) is 4.79 Å². The molecule has 0 unspecified atom stereocenters. The molecule has 3 rings (SSSR count). The SMILES string of the molecule is COc1cccc2c(C3=CCN(C(=O)O)CC3)ccnc12. The zero-order valence-electron chi connectivity index (χ0n) is 11.7. The molecule has 2 aromatic rings. The van der Waals surface area contributed by atoms with E-state index in [1.807, 2.05) is 30.3 Å². The molecule has 0 saturated heterocycles. The molecule has 1 aliphatic rings. The number of carbonyl (C=O) groups is 1. The van der Waals surface area contributed by atoms with Gasteiger partial charge in [-0.15, -0.1) is 0 Å². The number of pyridine rings is 1. The zero-order valence-corrected chi connectivity index (χ0v) is 11.7. The van der Waals surface area contributed by atoms with Gasteiger partial charge in [0, 0.05) is 24.7 Å². The average molecular weight is 284 g/mol. The Morgan fingerprint density at radius 1 is 1.38 bits per heavy atom. The Kier molecular flexibility index (Phi) is 3.48. The summed E-state index contributed by atoms with van der Waals surface area (Å²) in [6.45, 7) is 0.952. The molecule has 0 radical (unpaired) electrons. The number of aromatic nitrogens is 1. The van der Waals surface area contributed by atoms with E-state index in [0.29, 0.717) is 19.5 Å². The number of hydrogen-bond donors (Lipinski definition) is 1. The minimum Gasteiger partial charge on any atom is -0.494 e.